The van der Waals surface area contributed by atoms with Gasteiger partial charge in [-0.1, -0.05) is 18.2 Å². The van der Waals surface area contributed by atoms with Gasteiger partial charge in [0.05, 0.1) is 7.11 Å². The normalized spacial score (nSPS) is 21.2. The molecule has 2 heterocycles. The number of hydrogen-bond acceptors (Lipinski definition) is 4. The second-order valence-corrected chi connectivity index (χ2v) is 7.45. The molecular weight excluding hydrogens is 324 g/mol. The van der Waals surface area contributed by atoms with Gasteiger partial charge < -0.3 is 19.7 Å². The Morgan fingerprint density at radius 3 is 2.46 bits per heavy atom. The molecule has 26 heavy (non-hydrogen) atoms. The molecule has 0 aromatic heterocycles. The molecule has 1 fully saturated rings. The smallest absolute Gasteiger partial charge is 0.120 e. The van der Waals surface area contributed by atoms with Crippen molar-refractivity contribution in [3.8, 4) is 11.5 Å². The van der Waals surface area contributed by atoms with Crippen LogP contribution in [-0.4, -0.2) is 44.8 Å². The molecule has 1 saturated heterocycles. The van der Waals surface area contributed by atoms with E-state index in [0.29, 0.717) is 12.0 Å². The zero-order chi connectivity index (χ0) is 17.9. The summed E-state index contributed by atoms with van der Waals surface area (Å²) in [5, 5.41) is 3.39. The number of rotatable bonds is 4. The van der Waals surface area contributed by atoms with Crippen LogP contribution in [0.5, 0.6) is 11.5 Å². The fourth-order valence-electron chi connectivity index (χ4n) is 4.12. The molecule has 138 valence electrons. The second kappa shape index (κ2) is 7.68. The first-order chi connectivity index (χ1) is 12.7. The summed E-state index contributed by atoms with van der Waals surface area (Å²) in [5.41, 5.74) is 4.14. The first kappa shape index (κ1) is 17.4. The average Bonchev–Trinajstić information content (AvgIpc) is 2.68. The molecule has 0 radical (unpaired) electrons. The van der Waals surface area contributed by atoms with Crippen molar-refractivity contribution < 1.29 is 9.47 Å². The summed E-state index contributed by atoms with van der Waals surface area (Å²) in [6.45, 7) is 4.12. The van der Waals surface area contributed by atoms with Gasteiger partial charge in [0.25, 0.3) is 0 Å². The van der Waals surface area contributed by atoms with Gasteiger partial charge in [0.1, 0.15) is 17.6 Å². The Labute approximate surface area is 156 Å². The van der Waals surface area contributed by atoms with Crippen LogP contribution in [0.3, 0.4) is 0 Å². The molecule has 2 aliphatic heterocycles. The highest BCUT2D eigenvalue weighted by atomic mass is 16.5. The van der Waals surface area contributed by atoms with Crippen molar-refractivity contribution in [2.75, 3.05) is 33.8 Å². The summed E-state index contributed by atoms with van der Waals surface area (Å²) < 4.78 is 11.6. The standard InChI is InChI=1S/C22H28N2O2/c1-24-14-17-13-20(26-19-9-11-23-12-10-19)7-8-21(17)22(15-24)16-3-5-18(25-2)6-4-16/h3-8,13,19,22-23H,9-12,14-15H2,1-2H3. The first-order valence-corrected chi connectivity index (χ1v) is 9.55. The quantitative estimate of drug-likeness (QED) is 0.914. The zero-order valence-corrected chi connectivity index (χ0v) is 15.7. The van der Waals surface area contributed by atoms with Crippen molar-refractivity contribution in [2.45, 2.75) is 31.4 Å². The molecule has 4 heteroatoms. The van der Waals surface area contributed by atoms with Gasteiger partial charge in [-0.3, -0.25) is 0 Å². The zero-order valence-electron chi connectivity index (χ0n) is 15.7. The van der Waals surface area contributed by atoms with E-state index in [-0.39, 0.29) is 0 Å². The van der Waals surface area contributed by atoms with Crippen molar-refractivity contribution in [1.82, 2.24) is 10.2 Å². The van der Waals surface area contributed by atoms with Crippen LogP contribution in [0.2, 0.25) is 0 Å². The number of hydrogen-bond donors (Lipinski definition) is 1. The summed E-state index contributed by atoms with van der Waals surface area (Å²) in [7, 11) is 3.91. The molecule has 0 aliphatic carbocycles. The molecule has 2 aliphatic rings. The Bertz CT molecular complexity index is 738. The average molecular weight is 352 g/mol. The van der Waals surface area contributed by atoms with Gasteiger partial charge in [-0.05, 0) is 73.9 Å². The molecule has 0 spiro atoms. The van der Waals surface area contributed by atoms with Gasteiger partial charge in [0, 0.05) is 19.0 Å². The maximum Gasteiger partial charge on any atom is 0.120 e. The van der Waals surface area contributed by atoms with Gasteiger partial charge in [0.15, 0.2) is 0 Å². The van der Waals surface area contributed by atoms with E-state index in [0.717, 1.165) is 50.5 Å². The maximum atomic E-state index is 6.25. The highest BCUT2D eigenvalue weighted by Gasteiger charge is 2.25. The molecule has 2 aromatic rings. The van der Waals surface area contributed by atoms with Crippen molar-refractivity contribution in [1.29, 1.82) is 0 Å². The van der Waals surface area contributed by atoms with Crippen molar-refractivity contribution in [3.63, 3.8) is 0 Å². The summed E-state index contributed by atoms with van der Waals surface area (Å²) in [5.74, 6) is 2.31. The second-order valence-electron chi connectivity index (χ2n) is 7.45. The third kappa shape index (κ3) is 3.71. The maximum absolute atomic E-state index is 6.25. The van der Waals surface area contributed by atoms with Gasteiger partial charge >= 0.3 is 0 Å². The van der Waals surface area contributed by atoms with Gasteiger partial charge in [-0.15, -0.1) is 0 Å². The minimum Gasteiger partial charge on any atom is -0.497 e. The van der Waals surface area contributed by atoms with E-state index in [1.165, 1.54) is 16.7 Å². The Kier molecular flexibility index (Phi) is 5.14. The SMILES string of the molecule is COc1ccc(C2CN(C)Cc3cc(OC4CCNCC4)ccc32)cc1. The van der Waals surface area contributed by atoms with Crippen LogP contribution in [0.25, 0.3) is 0 Å². The Hall–Kier alpha value is -2.04. The largest absolute Gasteiger partial charge is 0.497 e. The summed E-state index contributed by atoms with van der Waals surface area (Å²) in [6.07, 6.45) is 2.52. The van der Waals surface area contributed by atoms with Crippen LogP contribution in [0.1, 0.15) is 35.4 Å². The predicted molar refractivity (Wildman–Crippen MR) is 104 cm³/mol. The minimum atomic E-state index is 0.341. The highest BCUT2D eigenvalue weighted by molar-refractivity contribution is 5.45. The number of ether oxygens (including phenoxy) is 2. The fraction of sp³-hybridized carbons (Fsp3) is 0.455. The van der Waals surface area contributed by atoms with Crippen LogP contribution in [0, 0.1) is 0 Å². The number of piperidine rings is 1. The van der Waals surface area contributed by atoms with Gasteiger partial charge in [-0.25, -0.2) is 0 Å². The Morgan fingerprint density at radius 2 is 1.73 bits per heavy atom. The molecule has 0 saturated carbocycles. The van der Waals surface area contributed by atoms with Gasteiger partial charge in [-0.2, -0.15) is 0 Å². The Morgan fingerprint density at radius 1 is 1.00 bits per heavy atom. The third-order valence-corrected chi connectivity index (χ3v) is 5.53. The van der Waals surface area contributed by atoms with Crippen LogP contribution >= 0.6 is 0 Å². The monoisotopic (exact) mass is 352 g/mol. The number of benzene rings is 2. The molecule has 1 atom stereocenters. The first-order valence-electron chi connectivity index (χ1n) is 9.55. The van der Waals surface area contributed by atoms with E-state index in [2.05, 4.69) is 59.7 Å². The molecular formula is C22H28N2O2. The lowest BCUT2D eigenvalue weighted by Crippen LogP contribution is -2.34. The number of nitrogens with one attached hydrogen (secondary N) is 1. The van der Waals surface area contributed by atoms with Crippen molar-refractivity contribution >= 4 is 0 Å². The lowest BCUT2D eigenvalue weighted by Gasteiger charge is -2.33. The molecule has 2 aromatic carbocycles. The van der Waals surface area contributed by atoms with Crippen LogP contribution in [0.15, 0.2) is 42.5 Å². The molecule has 0 bridgehead atoms. The number of nitrogens with zero attached hydrogens (tertiary/aromatic N) is 1. The lowest BCUT2D eigenvalue weighted by atomic mass is 9.84. The number of fused-ring (bicyclic) bond motifs is 1. The minimum absolute atomic E-state index is 0.341. The van der Waals surface area contributed by atoms with Crippen LogP contribution in [-0.2, 0) is 6.54 Å². The molecule has 1 N–H and O–H groups in total. The number of likely N-dealkylation sites (N-methyl/N-ethyl adjacent to an activating group) is 1. The topological polar surface area (TPSA) is 33.7 Å². The highest BCUT2D eigenvalue weighted by Crippen LogP contribution is 2.35. The summed E-state index contributed by atoms with van der Waals surface area (Å²) in [6, 6.07) is 15.2. The number of methoxy groups -OCH3 is 1. The summed E-state index contributed by atoms with van der Waals surface area (Å²) in [4.78, 5) is 2.39. The lowest BCUT2D eigenvalue weighted by molar-refractivity contribution is 0.162. The van der Waals surface area contributed by atoms with E-state index < -0.39 is 0 Å². The van der Waals surface area contributed by atoms with Crippen LogP contribution < -0.4 is 14.8 Å². The van der Waals surface area contributed by atoms with Crippen LogP contribution in [0.4, 0.5) is 0 Å². The van der Waals surface area contributed by atoms with E-state index in [1.54, 1.807) is 7.11 Å². The third-order valence-electron chi connectivity index (χ3n) is 5.53. The fourth-order valence-corrected chi connectivity index (χ4v) is 4.12. The van der Waals surface area contributed by atoms with E-state index in [1.807, 2.05) is 0 Å². The van der Waals surface area contributed by atoms with E-state index in [9.17, 15) is 0 Å². The molecule has 0 amide bonds. The van der Waals surface area contributed by atoms with Crippen molar-refractivity contribution in [3.05, 3.63) is 59.2 Å². The Balaban J connectivity index is 1.58. The summed E-state index contributed by atoms with van der Waals surface area (Å²) >= 11 is 0. The predicted octanol–water partition coefficient (Wildman–Crippen LogP) is 3.40. The molecule has 4 nitrogen and oxygen atoms in total. The van der Waals surface area contributed by atoms with Gasteiger partial charge in [0.2, 0.25) is 0 Å². The van der Waals surface area contributed by atoms with Crippen molar-refractivity contribution in [2.24, 2.45) is 0 Å². The van der Waals surface area contributed by atoms with E-state index >= 15 is 0 Å². The molecule has 4 rings (SSSR count). The molecule has 1 unspecified atom stereocenters. The van der Waals surface area contributed by atoms with E-state index in [4.69, 9.17) is 9.47 Å².